The summed E-state index contributed by atoms with van der Waals surface area (Å²) in [6, 6.07) is 11.8. The van der Waals surface area contributed by atoms with Crippen LogP contribution >= 0.6 is 0 Å². The van der Waals surface area contributed by atoms with Gasteiger partial charge in [0, 0.05) is 24.7 Å². The van der Waals surface area contributed by atoms with Crippen LogP contribution in [0.3, 0.4) is 0 Å². The van der Waals surface area contributed by atoms with Gasteiger partial charge in [-0.25, -0.2) is 8.42 Å². The number of aryl methyl sites for hydroxylation is 1. The second-order valence-corrected chi connectivity index (χ2v) is 9.07. The van der Waals surface area contributed by atoms with Gasteiger partial charge in [-0.05, 0) is 37.0 Å². The summed E-state index contributed by atoms with van der Waals surface area (Å²) in [6.07, 6.45) is 2.70. The average Bonchev–Trinajstić information content (AvgIpc) is 2.78. The van der Waals surface area contributed by atoms with Crippen molar-refractivity contribution in [3.63, 3.8) is 0 Å². The van der Waals surface area contributed by atoms with Crippen LogP contribution in [0.5, 0.6) is 0 Å². The third-order valence-corrected chi connectivity index (χ3v) is 7.17. The Hall–Kier alpha value is -2.82. The number of benzene rings is 2. The van der Waals surface area contributed by atoms with E-state index in [-0.39, 0.29) is 29.4 Å². The van der Waals surface area contributed by atoms with Crippen molar-refractivity contribution in [3.05, 3.63) is 63.7 Å². The molecule has 10 heteroatoms. The molecule has 1 heterocycles. The number of morpholine rings is 1. The van der Waals surface area contributed by atoms with Crippen LogP contribution in [0.15, 0.2) is 52.5 Å². The van der Waals surface area contributed by atoms with Gasteiger partial charge < -0.3 is 4.74 Å². The zero-order chi connectivity index (χ0) is 21.1. The lowest BCUT2D eigenvalue weighted by Gasteiger charge is -2.26. The molecule has 1 aliphatic carbocycles. The molecule has 0 radical (unpaired) electrons. The lowest BCUT2D eigenvalue weighted by Crippen LogP contribution is -2.40. The van der Waals surface area contributed by atoms with E-state index in [9.17, 15) is 18.5 Å². The Kier molecular flexibility index (Phi) is 5.80. The average molecular weight is 430 g/mol. The summed E-state index contributed by atoms with van der Waals surface area (Å²) in [5, 5.41) is 16.0. The lowest BCUT2D eigenvalue weighted by atomic mass is 9.90. The van der Waals surface area contributed by atoms with Gasteiger partial charge in [0.1, 0.15) is 5.69 Å². The predicted molar refractivity (Wildman–Crippen MR) is 112 cm³/mol. The van der Waals surface area contributed by atoms with Crippen molar-refractivity contribution in [1.82, 2.24) is 4.31 Å². The van der Waals surface area contributed by atoms with E-state index in [1.54, 1.807) is 0 Å². The maximum atomic E-state index is 12.8. The second kappa shape index (κ2) is 8.50. The first-order valence-corrected chi connectivity index (χ1v) is 11.2. The first kappa shape index (κ1) is 20.5. The van der Waals surface area contributed by atoms with Gasteiger partial charge in [0.05, 0.1) is 28.7 Å². The molecule has 0 atom stereocenters. The van der Waals surface area contributed by atoms with Crippen LogP contribution in [-0.4, -0.2) is 49.7 Å². The number of nitrogens with zero attached hydrogens (tertiary/aromatic N) is 3. The summed E-state index contributed by atoms with van der Waals surface area (Å²) in [7, 11) is -3.82. The third kappa shape index (κ3) is 4.07. The van der Waals surface area contributed by atoms with Gasteiger partial charge in [-0.15, -0.1) is 0 Å². The van der Waals surface area contributed by atoms with Crippen molar-refractivity contribution in [3.8, 4) is 0 Å². The highest BCUT2D eigenvalue weighted by Gasteiger charge is 2.29. The van der Waals surface area contributed by atoms with Gasteiger partial charge in [0.25, 0.3) is 5.69 Å². The van der Waals surface area contributed by atoms with Gasteiger partial charge in [-0.3, -0.25) is 15.5 Å². The number of ether oxygens (including phenoxy) is 1. The fourth-order valence-electron chi connectivity index (χ4n) is 3.70. The van der Waals surface area contributed by atoms with Crippen molar-refractivity contribution in [2.75, 3.05) is 31.7 Å². The van der Waals surface area contributed by atoms with Gasteiger partial charge in [-0.2, -0.15) is 9.41 Å². The molecule has 1 saturated heterocycles. The number of rotatable bonds is 5. The molecule has 0 amide bonds. The minimum Gasteiger partial charge on any atom is -0.379 e. The molecule has 0 bridgehead atoms. The Morgan fingerprint density at radius 3 is 2.63 bits per heavy atom. The molecule has 1 aliphatic heterocycles. The molecule has 158 valence electrons. The Bertz CT molecular complexity index is 1090. The summed E-state index contributed by atoms with van der Waals surface area (Å²) in [4.78, 5) is 10.9. The molecular formula is C20H22N4O5S. The van der Waals surface area contributed by atoms with Crippen LogP contribution in [0.25, 0.3) is 0 Å². The van der Waals surface area contributed by atoms with E-state index in [0.717, 1.165) is 36.6 Å². The van der Waals surface area contributed by atoms with Crippen LogP contribution < -0.4 is 5.43 Å². The number of hydrogen-bond acceptors (Lipinski definition) is 7. The number of nitro benzene ring substituents is 1. The van der Waals surface area contributed by atoms with Crippen molar-refractivity contribution in [2.45, 2.75) is 24.2 Å². The van der Waals surface area contributed by atoms with Crippen LogP contribution in [0.4, 0.5) is 11.4 Å². The third-order valence-electron chi connectivity index (χ3n) is 5.27. The number of sulfonamides is 1. The first-order valence-electron chi connectivity index (χ1n) is 9.74. The molecule has 2 aromatic rings. The van der Waals surface area contributed by atoms with E-state index in [2.05, 4.69) is 16.6 Å². The van der Waals surface area contributed by atoms with E-state index < -0.39 is 14.9 Å². The summed E-state index contributed by atoms with van der Waals surface area (Å²) in [5.74, 6) is 0. The highest BCUT2D eigenvalue weighted by molar-refractivity contribution is 7.89. The number of anilines is 1. The minimum absolute atomic E-state index is 0.114. The molecule has 1 fully saturated rings. The summed E-state index contributed by atoms with van der Waals surface area (Å²) < 4.78 is 32.1. The molecule has 0 saturated carbocycles. The Labute approximate surface area is 174 Å². The van der Waals surface area contributed by atoms with E-state index in [1.807, 2.05) is 18.2 Å². The monoisotopic (exact) mass is 430 g/mol. The fraction of sp³-hybridized carbons (Fsp3) is 0.350. The molecule has 4 rings (SSSR count). The molecule has 9 nitrogen and oxygen atoms in total. The number of hydrazone groups is 1. The zero-order valence-corrected chi connectivity index (χ0v) is 17.1. The molecule has 2 aromatic carbocycles. The highest BCUT2D eigenvalue weighted by Crippen LogP contribution is 2.30. The summed E-state index contributed by atoms with van der Waals surface area (Å²) in [5.41, 5.74) is 5.66. The number of hydrogen-bond donors (Lipinski definition) is 1. The molecule has 30 heavy (non-hydrogen) atoms. The van der Waals surface area contributed by atoms with Crippen LogP contribution in [0.2, 0.25) is 0 Å². The maximum Gasteiger partial charge on any atom is 0.295 e. The maximum absolute atomic E-state index is 12.8. The molecule has 2 aliphatic rings. The van der Waals surface area contributed by atoms with E-state index in [4.69, 9.17) is 4.74 Å². The van der Waals surface area contributed by atoms with Crippen LogP contribution in [0, 0.1) is 10.1 Å². The topological polar surface area (TPSA) is 114 Å². The largest absolute Gasteiger partial charge is 0.379 e. The van der Waals surface area contributed by atoms with Gasteiger partial charge >= 0.3 is 0 Å². The Morgan fingerprint density at radius 2 is 1.87 bits per heavy atom. The van der Waals surface area contributed by atoms with E-state index >= 15 is 0 Å². The van der Waals surface area contributed by atoms with Gasteiger partial charge in [-0.1, -0.05) is 24.3 Å². The summed E-state index contributed by atoms with van der Waals surface area (Å²) >= 11 is 0. The smallest absolute Gasteiger partial charge is 0.295 e. The number of nitrogens with one attached hydrogen (secondary N) is 1. The SMILES string of the molecule is O=[N+]([O-])c1cc(S(=O)(=O)N2CCOCC2)ccc1N/N=C1/CCCc2ccccc21. The first-order chi connectivity index (χ1) is 14.5. The normalized spacial score (nSPS) is 18.7. The molecular weight excluding hydrogens is 408 g/mol. The molecule has 1 N–H and O–H groups in total. The van der Waals surface area contributed by atoms with Crippen LogP contribution in [-0.2, 0) is 21.2 Å². The lowest BCUT2D eigenvalue weighted by molar-refractivity contribution is -0.384. The quantitative estimate of drug-likeness (QED) is 0.576. The van der Waals surface area contributed by atoms with E-state index in [0.29, 0.717) is 13.2 Å². The number of fused-ring (bicyclic) bond motifs is 1. The zero-order valence-electron chi connectivity index (χ0n) is 16.3. The van der Waals surface area contributed by atoms with E-state index in [1.165, 1.54) is 22.0 Å². The van der Waals surface area contributed by atoms with Crippen molar-refractivity contribution in [1.29, 1.82) is 0 Å². The van der Waals surface area contributed by atoms with Crippen molar-refractivity contribution in [2.24, 2.45) is 5.10 Å². The van der Waals surface area contributed by atoms with Crippen LogP contribution in [0.1, 0.15) is 24.0 Å². The highest BCUT2D eigenvalue weighted by atomic mass is 32.2. The van der Waals surface area contributed by atoms with Crippen molar-refractivity contribution < 1.29 is 18.1 Å². The second-order valence-electron chi connectivity index (χ2n) is 7.13. The standard InChI is InChI=1S/C20H22N4O5S/c25-24(26)20-14-16(30(27,28)23-10-12-29-13-11-23)8-9-19(20)22-21-18-7-3-5-15-4-1-2-6-17(15)18/h1-2,4,6,8-9,14,22H,3,5,7,10-13H2/b21-18-. The Balaban J connectivity index is 1.63. The number of nitro groups is 1. The molecule has 0 spiro atoms. The fourth-order valence-corrected chi connectivity index (χ4v) is 5.13. The molecule has 0 unspecified atom stereocenters. The minimum atomic E-state index is -3.82. The Morgan fingerprint density at radius 1 is 1.10 bits per heavy atom. The van der Waals surface area contributed by atoms with Crippen molar-refractivity contribution >= 4 is 27.1 Å². The van der Waals surface area contributed by atoms with Gasteiger partial charge in [0.15, 0.2) is 0 Å². The summed E-state index contributed by atoms with van der Waals surface area (Å²) in [6.45, 7) is 1.06. The van der Waals surface area contributed by atoms with Gasteiger partial charge in [0.2, 0.25) is 10.0 Å². The predicted octanol–water partition coefficient (Wildman–Crippen LogP) is 2.77. The molecule has 0 aromatic heterocycles.